The molecule has 0 aliphatic carbocycles. The molecule has 0 saturated carbocycles. The second-order valence-corrected chi connectivity index (χ2v) is 6.52. The van der Waals surface area contributed by atoms with Crippen LogP contribution < -0.4 is 11.1 Å². The van der Waals surface area contributed by atoms with E-state index in [1.165, 1.54) is 11.3 Å². The molecule has 0 atom stereocenters. The van der Waals surface area contributed by atoms with Crippen LogP contribution in [0.3, 0.4) is 0 Å². The van der Waals surface area contributed by atoms with E-state index in [4.69, 9.17) is 4.42 Å². The van der Waals surface area contributed by atoms with Crippen LogP contribution in [-0.2, 0) is 11.2 Å². The highest BCUT2D eigenvalue weighted by atomic mass is 32.1. The van der Waals surface area contributed by atoms with Crippen LogP contribution >= 0.6 is 11.3 Å². The largest absolute Gasteiger partial charge is 0.417 e. The normalized spacial score (nSPS) is 10.9. The van der Waals surface area contributed by atoms with Crippen LogP contribution in [0.4, 0.5) is 5.69 Å². The number of aromatic amines is 1. The Kier molecular flexibility index (Phi) is 4.32. The van der Waals surface area contributed by atoms with Gasteiger partial charge in [0.2, 0.25) is 5.91 Å². The van der Waals surface area contributed by atoms with Gasteiger partial charge in [-0.05, 0) is 36.8 Å². The number of hydrogen-bond donors (Lipinski definition) is 2. The fourth-order valence-electron chi connectivity index (χ4n) is 2.54. The van der Waals surface area contributed by atoms with E-state index in [0.717, 1.165) is 16.3 Å². The zero-order valence-electron chi connectivity index (χ0n) is 13.6. The van der Waals surface area contributed by atoms with E-state index in [1.54, 1.807) is 30.6 Å². The lowest BCUT2D eigenvalue weighted by molar-refractivity contribution is -0.116. The number of anilines is 1. The van der Waals surface area contributed by atoms with E-state index in [-0.39, 0.29) is 5.91 Å². The number of H-pyrrole nitrogens is 1. The number of amides is 1. The smallest absolute Gasteiger partial charge is 0.408 e. The van der Waals surface area contributed by atoms with Crippen molar-refractivity contribution in [2.45, 2.75) is 12.8 Å². The van der Waals surface area contributed by atoms with Gasteiger partial charge < -0.3 is 9.73 Å². The number of oxazole rings is 1. The van der Waals surface area contributed by atoms with Crippen LogP contribution in [0.15, 0.2) is 57.3 Å². The first-order valence-electron chi connectivity index (χ1n) is 7.95. The van der Waals surface area contributed by atoms with Gasteiger partial charge in [0.05, 0.1) is 11.2 Å². The molecule has 0 aliphatic rings. The lowest BCUT2D eigenvalue weighted by atomic mass is 10.2. The summed E-state index contributed by atoms with van der Waals surface area (Å²) in [5, 5.41) is 5.66. The molecule has 2 N–H and O–H groups in total. The maximum atomic E-state index is 12.2. The van der Waals surface area contributed by atoms with Crippen molar-refractivity contribution in [3.05, 3.63) is 64.4 Å². The number of fused-ring (bicyclic) bond motifs is 1. The molecular formula is C18H14N4O3S. The third-order valence-electron chi connectivity index (χ3n) is 3.77. The zero-order valence-corrected chi connectivity index (χ0v) is 14.4. The number of benzene rings is 1. The second kappa shape index (κ2) is 6.93. The second-order valence-electron chi connectivity index (χ2n) is 5.66. The molecule has 0 radical (unpaired) electrons. The van der Waals surface area contributed by atoms with Crippen molar-refractivity contribution in [2.75, 3.05) is 5.32 Å². The van der Waals surface area contributed by atoms with Crippen molar-refractivity contribution < 1.29 is 9.21 Å². The Morgan fingerprint density at radius 1 is 1.31 bits per heavy atom. The number of carbonyl (C=O) groups is 1. The molecule has 0 saturated heterocycles. The van der Waals surface area contributed by atoms with Gasteiger partial charge in [0.1, 0.15) is 5.01 Å². The van der Waals surface area contributed by atoms with Crippen molar-refractivity contribution in [3.63, 3.8) is 0 Å². The van der Waals surface area contributed by atoms with Gasteiger partial charge in [-0.2, -0.15) is 0 Å². The third-order valence-corrected chi connectivity index (χ3v) is 4.71. The highest BCUT2D eigenvalue weighted by Gasteiger charge is 2.09. The SMILES string of the molecule is O=C(CCc1csc(-c2cccnc2)n1)Nc1ccc2oc(=O)[nH]c2c1. The van der Waals surface area contributed by atoms with Crippen molar-refractivity contribution in [3.8, 4) is 10.6 Å². The zero-order chi connectivity index (χ0) is 17.9. The molecule has 0 unspecified atom stereocenters. The summed E-state index contributed by atoms with van der Waals surface area (Å²) in [7, 11) is 0. The molecule has 3 heterocycles. The van der Waals surface area contributed by atoms with Crippen LogP contribution in [0.25, 0.3) is 21.7 Å². The number of aromatic nitrogens is 3. The first-order valence-corrected chi connectivity index (χ1v) is 8.83. The molecule has 26 heavy (non-hydrogen) atoms. The average molecular weight is 366 g/mol. The van der Waals surface area contributed by atoms with Gasteiger partial charge in [-0.25, -0.2) is 9.78 Å². The first kappa shape index (κ1) is 16.2. The lowest BCUT2D eigenvalue weighted by Gasteiger charge is -2.04. The highest BCUT2D eigenvalue weighted by Crippen LogP contribution is 2.23. The van der Waals surface area contributed by atoms with E-state index in [0.29, 0.717) is 29.6 Å². The maximum Gasteiger partial charge on any atom is 0.417 e. The lowest BCUT2D eigenvalue weighted by Crippen LogP contribution is -2.12. The fraction of sp³-hybridized carbons (Fsp3) is 0.111. The van der Waals surface area contributed by atoms with Crippen LogP contribution in [0.2, 0.25) is 0 Å². The molecule has 0 spiro atoms. The van der Waals surface area contributed by atoms with Gasteiger partial charge in [0, 0.05) is 35.4 Å². The number of nitrogens with zero attached hydrogens (tertiary/aromatic N) is 2. The number of nitrogens with one attached hydrogen (secondary N) is 2. The molecular weight excluding hydrogens is 352 g/mol. The maximum absolute atomic E-state index is 12.2. The number of hydrogen-bond acceptors (Lipinski definition) is 6. The predicted octanol–water partition coefficient (Wildman–Crippen LogP) is 3.21. The Labute approximate surface area is 151 Å². The molecule has 1 amide bonds. The van der Waals surface area contributed by atoms with E-state index in [1.807, 2.05) is 17.5 Å². The Balaban J connectivity index is 1.37. The molecule has 4 aromatic rings. The van der Waals surface area contributed by atoms with E-state index in [9.17, 15) is 9.59 Å². The van der Waals surface area contributed by atoms with Crippen LogP contribution in [0.5, 0.6) is 0 Å². The minimum absolute atomic E-state index is 0.119. The molecule has 4 rings (SSSR count). The molecule has 1 aromatic carbocycles. The Bertz CT molecular complexity index is 1110. The van der Waals surface area contributed by atoms with Gasteiger partial charge in [-0.3, -0.25) is 14.8 Å². The number of thiazole rings is 1. The van der Waals surface area contributed by atoms with Gasteiger partial charge >= 0.3 is 5.76 Å². The summed E-state index contributed by atoms with van der Waals surface area (Å²) in [4.78, 5) is 34.5. The highest BCUT2D eigenvalue weighted by molar-refractivity contribution is 7.13. The minimum Gasteiger partial charge on any atom is -0.408 e. The van der Waals surface area contributed by atoms with E-state index >= 15 is 0 Å². The summed E-state index contributed by atoms with van der Waals surface area (Å²) in [6.45, 7) is 0. The van der Waals surface area contributed by atoms with Crippen LogP contribution in [0, 0.1) is 0 Å². The van der Waals surface area contributed by atoms with Gasteiger partial charge in [-0.15, -0.1) is 11.3 Å². The van der Waals surface area contributed by atoms with Crippen molar-refractivity contribution >= 4 is 34.0 Å². The average Bonchev–Trinajstić information content (AvgIpc) is 3.26. The summed E-state index contributed by atoms with van der Waals surface area (Å²) in [6.07, 6.45) is 4.36. The summed E-state index contributed by atoms with van der Waals surface area (Å²) >= 11 is 1.54. The Hall–Kier alpha value is -3.26. The van der Waals surface area contributed by atoms with Crippen molar-refractivity contribution in [1.29, 1.82) is 0 Å². The molecule has 8 heteroatoms. The quantitative estimate of drug-likeness (QED) is 0.565. The number of pyridine rings is 1. The standard InChI is InChI=1S/C18H14N4O3S/c23-16(20-12-3-5-15-14(8-12)22-18(24)25-15)6-4-13-10-26-17(21-13)11-2-1-7-19-9-11/h1-3,5,7-10H,4,6H2,(H,20,23)(H,22,24). The number of carbonyl (C=O) groups excluding carboxylic acids is 1. The molecule has 3 aromatic heterocycles. The van der Waals surface area contributed by atoms with Crippen molar-refractivity contribution in [1.82, 2.24) is 15.0 Å². The molecule has 0 bridgehead atoms. The van der Waals surface area contributed by atoms with Gasteiger partial charge in [0.15, 0.2) is 5.58 Å². The van der Waals surface area contributed by atoms with E-state index < -0.39 is 5.76 Å². The fourth-order valence-corrected chi connectivity index (χ4v) is 3.38. The Morgan fingerprint density at radius 2 is 2.23 bits per heavy atom. The summed E-state index contributed by atoms with van der Waals surface area (Å²) in [5.74, 6) is -0.637. The summed E-state index contributed by atoms with van der Waals surface area (Å²) < 4.78 is 4.94. The molecule has 0 fully saturated rings. The number of rotatable bonds is 5. The predicted molar refractivity (Wildman–Crippen MR) is 99.1 cm³/mol. The van der Waals surface area contributed by atoms with Crippen molar-refractivity contribution in [2.24, 2.45) is 0 Å². The third kappa shape index (κ3) is 3.55. The molecule has 7 nitrogen and oxygen atoms in total. The van der Waals surface area contributed by atoms with Gasteiger partial charge in [-0.1, -0.05) is 0 Å². The number of aryl methyl sites for hydroxylation is 1. The van der Waals surface area contributed by atoms with E-state index in [2.05, 4.69) is 20.3 Å². The molecule has 0 aliphatic heterocycles. The monoisotopic (exact) mass is 366 g/mol. The Morgan fingerprint density at radius 3 is 3.08 bits per heavy atom. The van der Waals surface area contributed by atoms with Gasteiger partial charge in [0.25, 0.3) is 0 Å². The van der Waals surface area contributed by atoms with Crippen LogP contribution in [0.1, 0.15) is 12.1 Å². The topological polar surface area (TPSA) is 101 Å². The molecule has 130 valence electrons. The minimum atomic E-state index is -0.517. The first-order chi connectivity index (χ1) is 12.7. The summed E-state index contributed by atoms with van der Waals surface area (Å²) in [6, 6.07) is 8.83. The summed E-state index contributed by atoms with van der Waals surface area (Å²) in [5.41, 5.74) is 3.45. The van der Waals surface area contributed by atoms with Crippen LogP contribution in [-0.4, -0.2) is 20.9 Å².